The van der Waals surface area contributed by atoms with Crippen molar-refractivity contribution in [3.63, 3.8) is 0 Å². The molecule has 3 aromatic rings. The minimum absolute atomic E-state index is 0.132. The number of benzene rings is 3. The predicted octanol–water partition coefficient (Wildman–Crippen LogP) is 4.41. The zero-order valence-corrected chi connectivity index (χ0v) is 14.5. The van der Waals surface area contributed by atoms with Crippen LogP contribution in [0.4, 0.5) is 5.69 Å². The number of carbonyl (C=O) groups excluding carboxylic acids is 1. The number of amides is 1. The van der Waals surface area contributed by atoms with Crippen LogP contribution in [-0.4, -0.2) is 11.0 Å². The molecule has 0 atom stereocenters. The molecule has 0 aromatic heterocycles. The number of anilines is 1. The highest BCUT2D eigenvalue weighted by Crippen LogP contribution is 2.27. The molecule has 1 amide bonds. The van der Waals surface area contributed by atoms with Crippen LogP contribution in [-0.2, 0) is 4.79 Å². The van der Waals surface area contributed by atoms with Crippen LogP contribution >= 0.6 is 12.2 Å². The molecule has 1 aliphatic heterocycles. The zero-order chi connectivity index (χ0) is 17.4. The first-order chi connectivity index (χ1) is 12.1. The van der Waals surface area contributed by atoms with E-state index in [2.05, 4.69) is 23.5 Å². The Morgan fingerprint density at radius 2 is 1.68 bits per heavy atom. The fourth-order valence-electron chi connectivity index (χ4n) is 3.10. The molecule has 25 heavy (non-hydrogen) atoms. The van der Waals surface area contributed by atoms with Crippen LogP contribution in [0.1, 0.15) is 11.1 Å². The van der Waals surface area contributed by atoms with Gasteiger partial charge in [-0.3, -0.25) is 9.69 Å². The lowest BCUT2D eigenvalue weighted by Gasteiger charge is -2.16. The van der Waals surface area contributed by atoms with Crippen molar-refractivity contribution in [2.45, 2.75) is 6.92 Å². The number of thiocarbonyl (C=S) groups is 1. The van der Waals surface area contributed by atoms with E-state index in [0.29, 0.717) is 10.8 Å². The summed E-state index contributed by atoms with van der Waals surface area (Å²) in [5.74, 6) is -0.132. The SMILES string of the molecule is Cc1ccccc1N1C(=O)C(=Cc2cccc3ccccc23)NC1=S. The van der Waals surface area contributed by atoms with Gasteiger partial charge >= 0.3 is 0 Å². The molecule has 0 spiro atoms. The summed E-state index contributed by atoms with van der Waals surface area (Å²) in [5.41, 5.74) is 3.30. The van der Waals surface area contributed by atoms with Crippen molar-refractivity contribution >= 4 is 45.8 Å². The maximum Gasteiger partial charge on any atom is 0.281 e. The first-order valence-electron chi connectivity index (χ1n) is 8.06. The molecule has 3 aromatic carbocycles. The van der Waals surface area contributed by atoms with Crippen molar-refractivity contribution in [2.75, 3.05) is 4.90 Å². The maximum absolute atomic E-state index is 12.9. The topological polar surface area (TPSA) is 32.3 Å². The molecule has 1 fully saturated rings. The Balaban J connectivity index is 1.77. The summed E-state index contributed by atoms with van der Waals surface area (Å²) < 4.78 is 0. The van der Waals surface area contributed by atoms with Crippen molar-refractivity contribution < 1.29 is 4.79 Å². The Morgan fingerprint density at radius 3 is 2.52 bits per heavy atom. The van der Waals surface area contributed by atoms with E-state index in [-0.39, 0.29) is 5.91 Å². The van der Waals surface area contributed by atoms with Crippen LogP contribution in [0.15, 0.2) is 72.4 Å². The first-order valence-corrected chi connectivity index (χ1v) is 8.46. The number of aryl methyl sites for hydroxylation is 1. The minimum atomic E-state index is -0.132. The van der Waals surface area contributed by atoms with Crippen LogP contribution in [0, 0.1) is 6.92 Å². The summed E-state index contributed by atoms with van der Waals surface area (Å²) in [4.78, 5) is 14.5. The number of hydrogen-bond donors (Lipinski definition) is 1. The summed E-state index contributed by atoms with van der Waals surface area (Å²) >= 11 is 5.40. The first kappa shape index (κ1) is 15.5. The second kappa shape index (κ2) is 6.15. The minimum Gasteiger partial charge on any atom is -0.327 e. The molecule has 4 heteroatoms. The summed E-state index contributed by atoms with van der Waals surface area (Å²) in [6.07, 6.45) is 1.87. The molecular weight excluding hydrogens is 328 g/mol. The van der Waals surface area contributed by atoms with Crippen molar-refractivity contribution in [3.05, 3.63) is 83.6 Å². The van der Waals surface area contributed by atoms with Gasteiger partial charge in [-0.25, -0.2) is 0 Å². The largest absolute Gasteiger partial charge is 0.327 e. The van der Waals surface area contributed by atoms with Crippen molar-refractivity contribution in [3.8, 4) is 0 Å². The van der Waals surface area contributed by atoms with Gasteiger partial charge in [-0.05, 0) is 53.2 Å². The molecule has 1 saturated heterocycles. The van der Waals surface area contributed by atoms with E-state index >= 15 is 0 Å². The number of fused-ring (bicyclic) bond motifs is 1. The fraction of sp³-hybridized carbons (Fsp3) is 0.0476. The van der Waals surface area contributed by atoms with Crippen LogP contribution in [0.2, 0.25) is 0 Å². The van der Waals surface area contributed by atoms with Gasteiger partial charge < -0.3 is 5.32 Å². The van der Waals surface area contributed by atoms with Crippen molar-refractivity contribution in [1.29, 1.82) is 0 Å². The third kappa shape index (κ3) is 2.71. The maximum atomic E-state index is 12.9. The third-order valence-corrected chi connectivity index (χ3v) is 4.64. The average molecular weight is 344 g/mol. The van der Waals surface area contributed by atoms with E-state index in [0.717, 1.165) is 27.6 Å². The molecular formula is C21H16N2OS. The van der Waals surface area contributed by atoms with E-state index in [1.54, 1.807) is 4.90 Å². The molecule has 122 valence electrons. The second-order valence-corrected chi connectivity index (χ2v) is 6.37. The molecule has 4 rings (SSSR count). The Morgan fingerprint density at radius 1 is 0.960 bits per heavy atom. The van der Waals surface area contributed by atoms with E-state index in [9.17, 15) is 4.79 Å². The summed E-state index contributed by atoms with van der Waals surface area (Å²) in [6.45, 7) is 1.97. The highest BCUT2D eigenvalue weighted by Gasteiger charge is 2.32. The Kier molecular flexibility index (Phi) is 3.82. The second-order valence-electron chi connectivity index (χ2n) is 5.98. The molecule has 0 unspecified atom stereocenters. The van der Waals surface area contributed by atoms with Crippen LogP contribution < -0.4 is 10.2 Å². The van der Waals surface area contributed by atoms with Gasteiger partial charge in [0.05, 0.1) is 5.69 Å². The van der Waals surface area contributed by atoms with Crippen molar-refractivity contribution in [2.24, 2.45) is 0 Å². The Bertz CT molecular complexity index is 1030. The summed E-state index contributed by atoms with van der Waals surface area (Å²) in [5, 5.41) is 5.71. The molecule has 3 nitrogen and oxygen atoms in total. The molecule has 1 heterocycles. The third-order valence-electron chi connectivity index (χ3n) is 4.36. The molecule has 0 saturated carbocycles. The lowest BCUT2D eigenvalue weighted by molar-refractivity contribution is -0.113. The molecule has 0 bridgehead atoms. The van der Waals surface area contributed by atoms with Crippen LogP contribution in [0.25, 0.3) is 16.8 Å². The fourth-order valence-corrected chi connectivity index (χ4v) is 3.39. The predicted molar refractivity (Wildman–Crippen MR) is 106 cm³/mol. The molecule has 0 aliphatic carbocycles. The zero-order valence-electron chi connectivity index (χ0n) is 13.7. The van der Waals surface area contributed by atoms with Gasteiger partial charge in [0.1, 0.15) is 5.70 Å². The Hall–Kier alpha value is -2.98. The standard InChI is InChI=1S/C21H16N2OS/c1-14-7-2-5-12-19(14)23-20(24)18(22-21(23)25)13-16-10-6-9-15-8-3-4-11-17(15)16/h2-13H,1H3,(H,22,25). The summed E-state index contributed by atoms with van der Waals surface area (Å²) in [6, 6.07) is 21.9. The van der Waals surface area contributed by atoms with Crippen LogP contribution in [0.5, 0.6) is 0 Å². The van der Waals surface area contributed by atoms with Gasteiger partial charge in [0.25, 0.3) is 5.91 Å². The molecule has 1 aliphatic rings. The number of hydrogen-bond acceptors (Lipinski definition) is 2. The number of carbonyl (C=O) groups is 1. The number of nitrogens with one attached hydrogen (secondary N) is 1. The Labute approximate surface area is 151 Å². The lowest BCUT2D eigenvalue weighted by Crippen LogP contribution is -2.30. The smallest absolute Gasteiger partial charge is 0.281 e. The van der Waals surface area contributed by atoms with E-state index in [1.165, 1.54) is 0 Å². The van der Waals surface area contributed by atoms with Gasteiger partial charge in [0.2, 0.25) is 0 Å². The van der Waals surface area contributed by atoms with Gasteiger partial charge in [-0.1, -0.05) is 60.7 Å². The van der Waals surface area contributed by atoms with Gasteiger partial charge in [-0.2, -0.15) is 0 Å². The molecule has 0 radical (unpaired) electrons. The monoisotopic (exact) mass is 344 g/mol. The number of rotatable bonds is 2. The number of para-hydroxylation sites is 1. The normalized spacial score (nSPS) is 15.9. The average Bonchev–Trinajstić information content (AvgIpc) is 2.90. The van der Waals surface area contributed by atoms with Gasteiger partial charge in [0, 0.05) is 0 Å². The number of nitrogens with zero attached hydrogens (tertiary/aromatic N) is 1. The quantitative estimate of drug-likeness (QED) is 0.552. The van der Waals surface area contributed by atoms with Crippen molar-refractivity contribution in [1.82, 2.24) is 5.32 Å². The van der Waals surface area contributed by atoms with Crippen LogP contribution in [0.3, 0.4) is 0 Å². The van der Waals surface area contributed by atoms with E-state index in [4.69, 9.17) is 12.2 Å². The van der Waals surface area contributed by atoms with Gasteiger partial charge in [-0.15, -0.1) is 0 Å². The lowest BCUT2D eigenvalue weighted by atomic mass is 10.0. The van der Waals surface area contributed by atoms with E-state index in [1.807, 2.05) is 61.5 Å². The van der Waals surface area contributed by atoms with E-state index < -0.39 is 0 Å². The summed E-state index contributed by atoms with van der Waals surface area (Å²) in [7, 11) is 0. The highest BCUT2D eigenvalue weighted by atomic mass is 32.1. The van der Waals surface area contributed by atoms with Gasteiger partial charge in [0.15, 0.2) is 5.11 Å². The highest BCUT2D eigenvalue weighted by molar-refractivity contribution is 7.80. The molecule has 1 N–H and O–H groups in total.